The highest BCUT2D eigenvalue weighted by Crippen LogP contribution is 1.91. The highest BCUT2D eigenvalue weighted by molar-refractivity contribution is 7.89. The van der Waals surface area contributed by atoms with E-state index < -0.39 is 15.3 Å². The molecule has 0 spiro atoms. The largest absolute Gasteiger partial charge is 0.315 e. The molecule has 0 aliphatic rings. The first kappa shape index (κ1) is 10.9. The van der Waals surface area contributed by atoms with Crippen molar-refractivity contribution in [3.8, 4) is 0 Å². The molecule has 0 aliphatic heterocycles. The summed E-state index contributed by atoms with van der Waals surface area (Å²) >= 11 is 0. The second-order valence-electron chi connectivity index (χ2n) is 2.60. The average Bonchev–Trinajstić information content (AvgIpc) is 1.86. The number of primary sulfonamides is 1. The molecule has 0 aromatic heterocycles. The van der Waals surface area contributed by atoms with E-state index in [9.17, 15) is 8.42 Å². The molecule has 4 nitrogen and oxygen atoms in total. The molecule has 0 aromatic rings. The van der Waals surface area contributed by atoms with Crippen molar-refractivity contribution >= 4 is 10.0 Å². The minimum absolute atomic E-state index is 0.437. The zero-order chi connectivity index (χ0) is 8.91. The number of hydrogen-bond donors (Lipinski definition) is 2. The van der Waals surface area contributed by atoms with Gasteiger partial charge in [0, 0.05) is 6.54 Å². The van der Waals surface area contributed by atoms with Gasteiger partial charge in [0.15, 0.2) is 0 Å². The summed E-state index contributed by atoms with van der Waals surface area (Å²) in [6.45, 7) is 4.89. The predicted molar refractivity (Wildman–Crippen MR) is 45.7 cm³/mol. The van der Waals surface area contributed by atoms with E-state index in [0.29, 0.717) is 6.54 Å². The van der Waals surface area contributed by atoms with Crippen molar-refractivity contribution in [2.45, 2.75) is 25.5 Å². The Labute approximate surface area is 68.2 Å². The smallest absolute Gasteiger partial charge is 0.212 e. The molecule has 0 saturated carbocycles. The zero-order valence-corrected chi connectivity index (χ0v) is 7.82. The van der Waals surface area contributed by atoms with Gasteiger partial charge in [-0.05, 0) is 19.9 Å². The van der Waals surface area contributed by atoms with E-state index in [1.165, 1.54) is 0 Å². The topological polar surface area (TPSA) is 72.2 Å². The SMILES string of the molecule is CCCNCC(C)S(N)(=O)=O. The first-order chi connectivity index (χ1) is 4.98. The molecule has 0 fully saturated rings. The molecule has 3 N–H and O–H groups in total. The summed E-state index contributed by atoms with van der Waals surface area (Å²) in [5.74, 6) is 0. The van der Waals surface area contributed by atoms with Crippen LogP contribution in [0.15, 0.2) is 0 Å². The van der Waals surface area contributed by atoms with Gasteiger partial charge in [-0.25, -0.2) is 13.6 Å². The van der Waals surface area contributed by atoms with Gasteiger partial charge in [0.25, 0.3) is 0 Å². The van der Waals surface area contributed by atoms with E-state index in [0.717, 1.165) is 13.0 Å². The van der Waals surface area contributed by atoms with Crippen LogP contribution in [0.2, 0.25) is 0 Å². The third-order valence-electron chi connectivity index (χ3n) is 1.42. The Bertz CT molecular complexity index is 189. The van der Waals surface area contributed by atoms with Crippen molar-refractivity contribution in [1.82, 2.24) is 5.32 Å². The maximum atomic E-state index is 10.7. The highest BCUT2D eigenvalue weighted by atomic mass is 32.2. The van der Waals surface area contributed by atoms with Gasteiger partial charge in [-0.15, -0.1) is 0 Å². The molecule has 0 rings (SSSR count). The van der Waals surface area contributed by atoms with Crippen LogP contribution in [0.5, 0.6) is 0 Å². The van der Waals surface area contributed by atoms with Crippen LogP contribution in [0.25, 0.3) is 0 Å². The second-order valence-corrected chi connectivity index (χ2v) is 4.59. The Morgan fingerprint density at radius 1 is 1.55 bits per heavy atom. The van der Waals surface area contributed by atoms with Crippen LogP contribution in [0.3, 0.4) is 0 Å². The lowest BCUT2D eigenvalue weighted by atomic mass is 10.4. The minimum atomic E-state index is -3.35. The number of rotatable bonds is 5. The lowest BCUT2D eigenvalue weighted by Crippen LogP contribution is -2.35. The van der Waals surface area contributed by atoms with Gasteiger partial charge in [-0.1, -0.05) is 6.92 Å². The van der Waals surface area contributed by atoms with Crippen LogP contribution in [0, 0.1) is 0 Å². The van der Waals surface area contributed by atoms with Gasteiger partial charge in [-0.2, -0.15) is 0 Å². The van der Waals surface area contributed by atoms with Gasteiger partial charge in [0.05, 0.1) is 5.25 Å². The summed E-state index contributed by atoms with van der Waals surface area (Å²) in [5.41, 5.74) is 0. The molecule has 0 saturated heterocycles. The third kappa shape index (κ3) is 5.17. The fourth-order valence-electron chi connectivity index (χ4n) is 0.598. The molecule has 0 radical (unpaired) electrons. The molecule has 0 bridgehead atoms. The maximum Gasteiger partial charge on any atom is 0.212 e. The van der Waals surface area contributed by atoms with Gasteiger partial charge >= 0.3 is 0 Å². The number of nitrogens with one attached hydrogen (secondary N) is 1. The molecule has 68 valence electrons. The van der Waals surface area contributed by atoms with Crippen molar-refractivity contribution in [2.75, 3.05) is 13.1 Å². The fraction of sp³-hybridized carbons (Fsp3) is 1.00. The third-order valence-corrected chi connectivity index (χ3v) is 2.71. The molecule has 5 heteroatoms. The Kier molecular flexibility index (Phi) is 4.63. The van der Waals surface area contributed by atoms with E-state index in [1.54, 1.807) is 6.92 Å². The first-order valence-corrected chi connectivity index (χ1v) is 5.31. The van der Waals surface area contributed by atoms with E-state index >= 15 is 0 Å². The van der Waals surface area contributed by atoms with Crippen molar-refractivity contribution in [2.24, 2.45) is 5.14 Å². The van der Waals surface area contributed by atoms with E-state index in [2.05, 4.69) is 5.32 Å². The summed E-state index contributed by atoms with van der Waals surface area (Å²) < 4.78 is 21.3. The number of nitrogens with two attached hydrogens (primary N) is 1. The van der Waals surface area contributed by atoms with Crippen LogP contribution < -0.4 is 10.5 Å². The number of hydrogen-bond acceptors (Lipinski definition) is 3. The second kappa shape index (κ2) is 4.69. The van der Waals surface area contributed by atoms with E-state index in [1.807, 2.05) is 6.92 Å². The van der Waals surface area contributed by atoms with Crippen LogP contribution in [0.4, 0.5) is 0 Å². The van der Waals surface area contributed by atoms with Gasteiger partial charge < -0.3 is 5.32 Å². The zero-order valence-electron chi connectivity index (χ0n) is 7.00. The maximum absolute atomic E-state index is 10.7. The standard InChI is InChI=1S/C6H16N2O2S/c1-3-4-8-5-6(2)11(7,9)10/h6,8H,3-5H2,1-2H3,(H2,7,9,10). The Morgan fingerprint density at radius 3 is 2.45 bits per heavy atom. The molecular weight excluding hydrogens is 164 g/mol. The fourth-order valence-corrected chi connectivity index (χ4v) is 0.948. The van der Waals surface area contributed by atoms with E-state index in [-0.39, 0.29) is 0 Å². The molecule has 0 aromatic carbocycles. The summed E-state index contributed by atoms with van der Waals surface area (Å²) in [6.07, 6.45) is 0.997. The van der Waals surface area contributed by atoms with Crippen LogP contribution >= 0.6 is 0 Å². The van der Waals surface area contributed by atoms with Crippen LogP contribution in [-0.2, 0) is 10.0 Å². The molecular formula is C6H16N2O2S. The van der Waals surface area contributed by atoms with Gasteiger partial charge in [-0.3, -0.25) is 0 Å². The normalized spacial score (nSPS) is 14.8. The quantitative estimate of drug-likeness (QED) is 0.569. The van der Waals surface area contributed by atoms with E-state index in [4.69, 9.17) is 5.14 Å². The van der Waals surface area contributed by atoms with Gasteiger partial charge in [0.2, 0.25) is 10.0 Å². The predicted octanol–water partition coefficient (Wildman–Crippen LogP) is -0.337. The Hall–Kier alpha value is -0.130. The average molecular weight is 180 g/mol. The summed E-state index contributed by atoms with van der Waals surface area (Å²) in [4.78, 5) is 0. The van der Waals surface area contributed by atoms with Crippen LogP contribution in [-0.4, -0.2) is 26.8 Å². The Morgan fingerprint density at radius 2 is 2.09 bits per heavy atom. The molecule has 0 aliphatic carbocycles. The number of sulfonamides is 1. The lowest BCUT2D eigenvalue weighted by Gasteiger charge is -2.08. The molecule has 0 amide bonds. The van der Waals surface area contributed by atoms with Crippen molar-refractivity contribution < 1.29 is 8.42 Å². The molecule has 11 heavy (non-hydrogen) atoms. The Balaban J connectivity index is 3.62. The first-order valence-electron chi connectivity index (χ1n) is 3.70. The summed E-state index contributed by atoms with van der Waals surface area (Å²) in [5, 5.41) is 7.38. The summed E-state index contributed by atoms with van der Waals surface area (Å²) in [7, 11) is -3.35. The monoisotopic (exact) mass is 180 g/mol. The minimum Gasteiger partial charge on any atom is -0.315 e. The highest BCUT2D eigenvalue weighted by Gasteiger charge is 2.13. The van der Waals surface area contributed by atoms with Crippen molar-refractivity contribution in [3.63, 3.8) is 0 Å². The molecule has 1 unspecified atom stereocenters. The lowest BCUT2D eigenvalue weighted by molar-refractivity contribution is 0.572. The van der Waals surface area contributed by atoms with Crippen LogP contribution in [0.1, 0.15) is 20.3 Å². The molecule has 0 heterocycles. The van der Waals surface area contributed by atoms with Crippen molar-refractivity contribution in [1.29, 1.82) is 0 Å². The summed E-state index contributed by atoms with van der Waals surface area (Å²) in [6, 6.07) is 0. The van der Waals surface area contributed by atoms with Crippen molar-refractivity contribution in [3.05, 3.63) is 0 Å². The molecule has 1 atom stereocenters. The van der Waals surface area contributed by atoms with Gasteiger partial charge in [0.1, 0.15) is 0 Å².